The van der Waals surface area contributed by atoms with E-state index in [9.17, 15) is 4.79 Å². The minimum atomic E-state index is 0.221. The molecule has 1 heterocycles. The molecule has 4 bridgehead atoms. The Hall–Kier alpha value is -1.32. The molecule has 4 fully saturated rings. The Morgan fingerprint density at radius 3 is 2.21 bits per heavy atom. The summed E-state index contributed by atoms with van der Waals surface area (Å²) in [5.74, 6) is 3.60. The van der Waals surface area contributed by atoms with Crippen LogP contribution in [0.2, 0.25) is 0 Å². The van der Waals surface area contributed by atoms with Gasteiger partial charge in [0.05, 0.1) is 5.69 Å². The molecule has 4 nitrogen and oxygen atoms in total. The van der Waals surface area contributed by atoms with Crippen LogP contribution in [0.3, 0.4) is 0 Å². The molecule has 0 saturated heterocycles. The van der Waals surface area contributed by atoms with E-state index >= 15 is 0 Å². The van der Waals surface area contributed by atoms with Crippen LogP contribution in [0.5, 0.6) is 0 Å². The van der Waals surface area contributed by atoms with E-state index in [1.165, 1.54) is 49.8 Å². The van der Waals surface area contributed by atoms with Gasteiger partial charge in [-0.25, -0.2) is 0 Å². The largest absolute Gasteiger partial charge is 0.353 e. The highest BCUT2D eigenvalue weighted by Gasteiger charge is 2.53. The Labute approximate surface area is 170 Å². The van der Waals surface area contributed by atoms with Gasteiger partial charge in [0, 0.05) is 24.7 Å². The summed E-state index contributed by atoms with van der Waals surface area (Å²) in [5.41, 5.74) is 3.96. The number of hydrogen-bond donors (Lipinski definition) is 1. The Kier molecular flexibility index (Phi) is 5.35. The molecular formula is C24H39N3O. The van der Waals surface area contributed by atoms with E-state index in [0.29, 0.717) is 23.8 Å². The minimum Gasteiger partial charge on any atom is -0.353 e. The molecule has 1 N–H and O–H groups in total. The van der Waals surface area contributed by atoms with Crippen molar-refractivity contribution in [1.82, 2.24) is 15.1 Å². The highest BCUT2D eigenvalue weighted by atomic mass is 16.1. The fourth-order valence-corrected chi connectivity index (χ4v) is 7.03. The van der Waals surface area contributed by atoms with Crippen molar-refractivity contribution < 1.29 is 4.79 Å². The second-order valence-corrected chi connectivity index (χ2v) is 10.8. The van der Waals surface area contributed by atoms with Crippen molar-refractivity contribution in [2.45, 2.75) is 98.6 Å². The van der Waals surface area contributed by atoms with Crippen LogP contribution in [0.25, 0.3) is 0 Å². The SMILES string of the molecule is Cc1nn(CC(C)C)c(C)c1CCC(=O)N[C@H](C)C12CC3CC(CC(C3)C1)C2. The topological polar surface area (TPSA) is 46.9 Å². The van der Waals surface area contributed by atoms with E-state index in [0.717, 1.165) is 36.4 Å². The van der Waals surface area contributed by atoms with Gasteiger partial charge in [-0.1, -0.05) is 13.8 Å². The molecule has 1 amide bonds. The average Bonchev–Trinajstić information content (AvgIpc) is 2.84. The van der Waals surface area contributed by atoms with Crippen LogP contribution >= 0.6 is 0 Å². The normalized spacial score (nSPS) is 32.1. The summed E-state index contributed by atoms with van der Waals surface area (Å²) in [6.07, 6.45) is 9.79. The summed E-state index contributed by atoms with van der Waals surface area (Å²) < 4.78 is 2.12. The molecule has 4 aliphatic rings. The van der Waals surface area contributed by atoms with Crippen LogP contribution in [-0.4, -0.2) is 21.7 Å². The lowest BCUT2D eigenvalue weighted by molar-refractivity contribution is -0.125. The summed E-state index contributed by atoms with van der Waals surface area (Å²) in [6, 6.07) is 0.319. The lowest BCUT2D eigenvalue weighted by atomic mass is 9.48. The van der Waals surface area contributed by atoms with Crippen molar-refractivity contribution in [3.8, 4) is 0 Å². The number of nitrogens with one attached hydrogen (secondary N) is 1. The molecule has 5 rings (SSSR count). The molecule has 1 aromatic heterocycles. The average molecular weight is 386 g/mol. The maximum Gasteiger partial charge on any atom is 0.220 e. The molecule has 0 radical (unpaired) electrons. The van der Waals surface area contributed by atoms with E-state index in [1.807, 2.05) is 0 Å². The Balaban J connectivity index is 1.35. The molecule has 0 aromatic carbocycles. The summed E-state index contributed by atoms with van der Waals surface area (Å²) in [5, 5.41) is 8.12. The zero-order valence-corrected chi connectivity index (χ0v) is 18.6. The molecule has 4 heteroatoms. The highest BCUT2D eigenvalue weighted by Crippen LogP contribution is 2.61. The van der Waals surface area contributed by atoms with Gasteiger partial charge in [-0.2, -0.15) is 5.10 Å². The van der Waals surface area contributed by atoms with Crippen molar-refractivity contribution in [2.24, 2.45) is 29.1 Å². The summed E-state index contributed by atoms with van der Waals surface area (Å²) in [6.45, 7) is 11.9. The van der Waals surface area contributed by atoms with E-state index < -0.39 is 0 Å². The quantitative estimate of drug-likeness (QED) is 0.732. The highest BCUT2D eigenvalue weighted by molar-refractivity contribution is 5.76. The van der Waals surface area contributed by atoms with Crippen LogP contribution in [0.15, 0.2) is 0 Å². The summed E-state index contributed by atoms with van der Waals surface area (Å²) in [7, 11) is 0. The fraction of sp³-hybridized carbons (Fsp3) is 0.833. The number of carbonyl (C=O) groups excluding carboxylic acids is 1. The Bertz CT molecular complexity index is 697. The predicted molar refractivity (Wildman–Crippen MR) is 113 cm³/mol. The van der Waals surface area contributed by atoms with Gasteiger partial charge < -0.3 is 5.32 Å². The van der Waals surface area contributed by atoms with Crippen LogP contribution in [0, 0.1) is 42.9 Å². The van der Waals surface area contributed by atoms with Crippen LogP contribution in [-0.2, 0) is 17.8 Å². The molecule has 0 unspecified atom stereocenters. The third-order valence-corrected chi connectivity index (χ3v) is 8.05. The second kappa shape index (κ2) is 7.50. The van der Waals surface area contributed by atoms with Crippen molar-refractivity contribution >= 4 is 5.91 Å². The van der Waals surface area contributed by atoms with Gasteiger partial charge in [-0.15, -0.1) is 0 Å². The van der Waals surface area contributed by atoms with Crippen molar-refractivity contribution in [3.63, 3.8) is 0 Å². The number of aromatic nitrogens is 2. The van der Waals surface area contributed by atoms with Gasteiger partial charge in [-0.05, 0) is 100 Å². The van der Waals surface area contributed by atoms with Crippen molar-refractivity contribution in [1.29, 1.82) is 0 Å². The summed E-state index contributed by atoms with van der Waals surface area (Å²) >= 11 is 0. The third-order valence-electron chi connectivity index (χ3n) is 8.05. The molecule has 156 valence electrons. The number of amides is 1. The lowest BCUT2D eigenvalue weighted by Gasteiger charge is -2.59. The van der Waals surface area contributed by atoms with Gasteiger partial charge in [0.25, 0.3) is 0 Å². The molecule has 28 heavy (non-hydrogen) atoms. The first-order valence-corrected chi connectivity index (χ1v) is 11.6. The number of carbonyl (C=O) groups is 1. The predicted octanol–water partition coefficient (Wildman–Crippen LogP) is 4.81. The van der Waals surface area contributed by atoms with Crippen LogP contribution < -0.4 is 5.32 Å². The molecule has 4 saturated carbocycles. The molecule has 1 atom stereocenters. The lowest BCUT2D eigenvalue weighted by Crippen LogP contribution is -2.55. The third kappa shape index (κ3) is 3.76. The summed E-state index contributed by atoms with van der Waals surface area (Å²) in [4.78, 5) is 12.8. The number of aryl methyl sites for hydroxylation is 1. The number of nitrogens with zero attached hydrogens (tertiary/aromatic N) is 2. The van der Waals surface area contributed by atoms with Crippen molar-refractivity contribution in [3.05, 3.63) is 17.0 Å². The number of hydrogen-bond acceptors (Lipinski definition) is 2. The molecule has 0 spiro atoms. The van der Waals surface area contributed by atoms with Crippen molar-refractivity contribution in [2.75, 3.05) is 0 Å². The monoisotopic (exact) mass is 385 g/mol. The standard InChI is InChI=1S/C24H39N3O/c1-15(2)14-27-17(4)22(16(3)26-27)6-7-23(28)25-18(5)24-11-19-8-20(12-24)10-21(9-19)13-24/h15,18-21H,6-14H2,1-5H3,(H,25,28)/t18-,19?,20?,21?,24?/m1/s1. The first-order valence-electron chi connectivity index (χ1n) is 11.6. The fourth-order valence-electron chi connectivity index (χ4n) is 7.03. The van der Waals surface area contributed by atoms with Crippen LogP contribution in [0.4, 0.5) is 0 Å². The van der Waals surface area contributed by atoms with Crippen LogP contribution in [0.1, 0.15) is 82.7 Å². The van der Waals surface area contributed by atoms with Gasteiger partial charge in [0.15, 0.2) is 0 Å². The maximum absolute atomic E-state index is 12.8. The first-order chi connectivity index (χ1) is 13.3. The van der Waals surface area contributed by atoms with E-state index in [-0.39, 0.29) is 5.91 Å². The molecule has 0 aliphatic heterocycles. The van der Waals surface area contributed by atoms with Gasteiger partial charge in [0.2, 0.25) is 5.91 Å². The molecule has 4 aliphatic carbocycles. The Morgan fingerprint density at radius 2 is 1.68 bits per heavy atom. The van der Waals surface area contributed by atoms with Gasteiger partial charge in [-0.3, -0.25) is 9.48 Å². The first kappa shape index (κ1) is 20.0. The minimum absolute atomic E-state index is 0.221. The maximum atomic E-state index is 12.8. The second-order valence-electron chi connectivity index (χ2n) is 10.8. The van der Waals surface area contributed by atoms with Gasteiger partial charge in [0.1, 0.15) is 0 Å². The zero-order chi connectivity index (χ0) is 20.1. The zero-order valence-electron chi connectivity index (χ0n) is 18.6. The molecular weight excluding hydrogens is 346 g/mol. The Morgan fingerprint density at radius 1 is 1.11 bits per heavy atom. The van der Waals surface area contributed by atoms with E-state index in [2.05, 4.69) is 44.6 Å². The van der Waals surface area contributed by atoms with E-state index in [1.54, 1.807) is 0 Å². The number of rotatable bonds is 7. The van der Waals surface area contributed by atoms with Gasteiger partial charge >= 0.3 is 0 Å². The van der Waals surface area contributed by atoms with E-state index in [4.69, 9.17) is 5.10 Å². The smallest absolute Gasteiger partial charge is 0.220 e. The molecule has 1 aromatic rings.